The van der Waals surface area contributed by atoms with Crippen LogP contribution in [0.1, 0.15) is 17.5 Å². The number of carbonyl (C=O) groups excluding carboxylic acids is 1. The van der Waals surface area contributed by atoms with Crippen molar-refractivity contribution in [3.63, 3.8) is 0 Å². The van der Waals surface area contributed by atoms with Crippen molar-refractivity contribution in [1.29, 1.82) is 0 Å². The first kappa shape index (κ1) is 19.1. The molecule has 1 heterocycles. The van der Waals surface area contributed by atoms with E-state index in [1.165, 1.54) is 11.3 Å². The standard InChI is InChI=1S/C22H28N2O3/c1-17-16-18(4-10-21(17)27-3)5-11-22(25)24-14-12-23(13-15-24)19-6-8-20(26-2)9-7-19/h4,6-10,16H,5,11-15H2,1-3H3. The van der Waals surface area contributed by atoms with Gasteiger partial charge >= 0.3 is 0 Å². The number of nitrogens with zero attached hydrogens (tertiary/aromatic N) is 2. The summed E-state index contributed by atoms with van der Waals surface area (Å²) < 4.78 is 10.5. The van der Waals surface area contributed by atoms with Gasteiger partial charge in [0.05, 0.1) is 14.2 Å². The highest BCUT2D eigenvalue weighted by Gasteiger charge is 2.21. The van der Waals surface area contributed by atoms with Gasteiger partial charge in [0.1, 0.15) is 11.5 Å². The molecule has 5 heteroatoms. The van der Waals surface area contributed by atoms with Gasteiger partial charge in [-0.2, -0.15) is 0 Å². The number of aryl methyl sites for hydroxylation is 2. The summed E-state index contributed by atoms with van der Waals surface area (Å²) >= 11 is 0. The summed E-state index contributed by atoms with van der Waals surface area (Å²) in [5.41, 5.74) is 3.46. The minimum atomic E-state index is 0.234. The van der Waals surface area contributed by atoms with E-state index < -0.39 is 0 Å². The van der Waals surface area contributed by atoms with Gasteiger partial charge in [0.2, 0.25) is 5.91 Å². The fourth-order valence-corrected chi connectivity index (χ4v) is 3.51. The van der Waals surface area contributed by atoms with Crippen molar-refractivity contribution in [3.8, 4) is 11.5 Å². The summed E-state index contributed by atoms with van der Waals surface area (Å²) in [5, 5.41) is 0. The van der Waals surface area contributed by atoms with Crippen molar-refractivity contribution in [3.05, 3.63) is 53.6 Å². The van der Waals surface area contributed by atoms with Crippen LogP contribution in [0, 0.1) is 6.92 Å². The van der Waals surface area contributed by atoms with Gasteiger partial charge in [-0.25, -0.2) is 0 Å². The fourth-order valence-electron chi connectivity index (χ4n) is 3.51. The topological polar surface area (TPSA) is 42.0 Å². The third-order valence-electron chi connectivity index (χ3n) is 5.16. The molecule has 0 radical (unpaired) electrons. The summed E-state index contributed by atoms with van der Waals surface area (Å²) in [4.78, 5) is 16.9. The van der Waals surface area contributed by atoms with Crippen LogP contribution in [0.15, 0.2) is 42.5 Å². The Balaban J connectivity index is 1.48. The molecule has 1 fully saturated rings. The van der Waals surface area contributed by atoms with E-state index in [9.17, 15) is 4.79 Å². The Hall–Kier alpha value is -2.69. The van der Waals surface area contributed by atoms with Crippen molar-refractivity contribution in [2.45, 2.75) is 19.8 Å². The van der Waals surface area contributed by atoms with Gasteiger partial charge in [0.15, 0.2) is 0 Å². The van der Waals surface area contributed by atoms with Crippen molar-refractivity contribution in [2.75, 3.05) is 45.3 Å². The summed E-state index contributed by atoms with van der Waals surface area (Å²) in [6, 6.07) is 14.2. The van der Waals surface area contributed by atoms with Crippen LogP contribution in [0.2, 0.25) is 0 Å². The van der Waals surface area contributed by atoms with Gasteiger partial charge in [0, 0.05) is 38.3 Å². The van der Waals surface area contributed by atoms with Crippen LogP contribution < -0.4 is 14.4 Å². The zero-order chi connectivity index (χ0) is 19.2. The molecule has 0 atom stereocenters. The van der Waals surface area contributed by atoms with E-state index in [2.05, 4.69) is 23.1 Å². The number of piperazine rings is 1. The smallest absolute Gasteiger partial charge is 0.223 e. The Morgan fingerprint density at radius 2 is 1.67 bits per heavy atom. The molecule has 0 saturated carbocycles. The maximum absolute atomic E-state index is 12.6. The zero-order valence-corrected chi connectivity index (χ0v) is 16.4. The highest BCUT2D eigenvalue weighted by molar-refractivity contribution is 5.76. The molecule has 5 nitrogen and oxygen atoms in total. The van der Waals surface area contributed by atoms with E-state index in [0.717, 1.165) is 49.7 Å². The summed E-state index contributed by atoms with van der Waals surface area (Å²) in [5.74, 6) is 1.99. The average Bonchev–Trinajstić information content (AvgIpc) is 2.72. The largest absolute Gasteiger partial charge is 0.497 e. The quantitative estimate of drug-likeness (QED) is 0.785. The van der Waals surface area contributed by atoms with Crippen LogP contribution in [-0.4, -0.2) is 51.2 Å². The second-order valence-electron chi connectivity index (χ2n) is 6.87. The predicted octanol–water partition coefficient (Wildman–Crippen LogP) is 3.29. The molecule has 0 bridgehead atoms. The molecule has 0 aliphatic carbocycles. The number of carbonyl (C=O) groups is 1. The SMILES string of the molecule is COc1ccc(N2CCN(C(=O)CCc3ccc(OC)c(C)c3)CC2)cc1. The molecule has 1 saturated heterocycles. The van der Waals surface area contributed by atoms with Crippen LogP contribution in [-0.2, 0) is 11.2 Å². The minimum absolute atomic E-state index is 0.234. The van der Waals surface area contributed by atoms with Gasteiger partial charge in [-0.3, -0.25) is 4.79 Å². The molecule has 1 amide bonds. The first-order valence-corrected chi connectivity index (χ1v) is 9.41. The normalized spacial score (nSPS) is 14.2. The monoisotopic (exact) mass is 368 g/mol. The zero-order valence-electron chi connectivity index (χ0n) is 16.4. The minimum Gasteiger partial charge on any atom is -0.497 e. The second-order valence-corrected chi connectivity index (χ2v) is 6.87. The van der Waals surface area contributed by atoms with Crippen LogP contribution in [0.25, 0.3) is 0 Å². The molecule has 1 aliphatic rings. The number of ether oxygens (including phenoxy) is 2. The summed E-state index contributed by atoms with van der Waals surface area (Å²) in [7, 11) is 3.35. The number of anilines is 1. The molecule has 27 heavy (non-hydrogen) atoms. The van der Waals surface area contributed by atoms with Gasteiger partial charge in [0.25, 0.3) is 0 Å². The van der Waals surface area contributed by atoms with Crippen molar-refractivity contribution in [1.82, 2.24) is 4.90 Å². The second kappa shape index (κ2) is 8.80. The molecule has 0 N–H and O–H groups in total. The molecule has 3 rings (SSSR count). The van der Waals surface area contributed by atoms with E-state index in [4.69, 9.17) is 9.47 Å². The van der Waals surface area contributed by atoms with Gasteiger partial charge in [-0.1, -0.05) is 12.1 Å². The lowest BCUT2D eigenvalue weighted by atomic mass is 10.1. The predicted molar refractivity (Wildman–Crippen MR) is 108 cm³/mol. The van der Waals surface area contributed by atoms with Gasteiger partial charge in [-0.05, 0) is 54.8 Å². The third kappa shape index (κ3) is 4.73. The third-order valence-corrected chi connectivity index (χ3v) is 5.16. The van der Waals surface area contributed by atoms with Crippen LogP contribution in [0.5, 0.6) is 11.5 Å². The Morgan fingerprint density at radius 1 is 0.963 bits per heavy atom. The van der Waals surface area contributed by atoms with E-state index in [0.29, 0.717) is 6.42 Å². The fraction of sp³-hybridized carbons (Fsp3) is 0.409. The Morgan fingerprint density at radius 3 is 2.26 bits per heavy atom. The summed E-state index contributed by atoms with van der Waals surface area (Å²) in [6.45, 7) is 5.29. The Bertz CT molecular complexity index is 766. The Labute approximate surface area is 161 Å². The first-order chi connectivity index (χ1) is 13.1. The number of hydrogen-bond acceptors (Lipinski definition) is 4. The van der Waals surface area contributed by atoms with Gasteiger partial charge < -0.3 is 19.3 Å². The van der Waals surface area contributed by atoms with E-state index in [1.54, 1.807) is 14.2 Å². The molecular weight excluding hydrogens is 340 g/mol. The van der Waals surface area contributed by atoms with Crippen LogP contribution in [0.4, 0.5) is 5.69 Å². The first-order valence-electron chi connectivity index (χ1n) is 9.41. The molecule has 144 valence electrons. The molecule has 2 aromatic rings. The molecule has 0 unspecified atom stereocenters. The summed E-state index contributed by atoms with van der Waals surface area (Å²) in [6.07, 6.45) is 1.32. The number of benzene rings is 2. The molecule has 0 aromatic heterocycles. The molecule has 2 aromatic carbocycles. The Kier molecular flexibility index (Phi) is 6.22. The molecule has 0 spiro atoms. The lowest BCUT2D eigenvalue weighted by molar-refractivity contribution is -0.131. The highest BCUT2D eigenvalue weighted by atomic mass is 16.5. The van der Waals surface area contributed by atoms with Crippen molar-refractivity contribution >= 4 is 11.6 Å². The molecule has 1 aliphatic heterocycles. The molecular formula is C22H28N2O3. The maximum atomic E-state index is 12.6. The number of methoxy groups -OCH3 is 2. The van der Waals surface area contributed by atoms with Crippen molar-refractivity contribution in [2.24, 2.45) is 0 Å². The number of hydrogen-bond donors (Lipinski definition) is 0. The lowest BCUT2D eigenvalue weighted by Gasteiger charge is -2.36. The average molecular weight is 368 g/mol. The van der Waals surface area contributed by atoms with E-state index in [1.807, 2.05) is 36.1 Å². The van der Waals surface area contributed by atoms with Crippen molar-refractivity contribution < 1.29 is 14.3 Å². The van der Waals surface area contributed by atoms with E-state index >= 15 is 0 Å². The van der Waals surface area contributed by atoms with E-state index in [-0.39, 0.29) is 5.91 Å². The van der Waals surface area contributed by atoms with Gasteiger partial charge in [-0.15, -0.1) is 0 Å². The number of amides is 1. The lowest BCUT2D eigenvalue weighted by Crippen LogP contribution is -2.48. The number of rotatable bonds is 6. The van der Waals surface area contributed by atoms with Crippen LogP contribution in [0.3, 0.4) is 0 Å². The maximum Gasteiger partial charge on any atom is 0.223 e. The highest BCUT2D eigenvalue weighted by Crippen LogP contribution is 2.22. The van der Waals surface area contributed by atoms with Crippen LogP contribution >= 0.6 is 0 Å².